The molecule has 1 aromatic rings. The summed E-state index contributed by atoms with van der Waals surface area (Å²) in [6, 6.07) is 4.08. The zero-order valence-corrected chi connectivity index (χ0v) is 16.9. The van der Waals surface area contributed by atoms with E-state index in [1.165, 1.54) is 12.0 Å². The van der Waals surface area contributed by atoms with Crippen LogP contribution in [0.2, 0.25) is 0 Å². The molecule has 1 spiro atoms. The van der Waals surface area contributed by atoms with Crippen LogP contribution >= 0.6 is 0 Å². The molecule has 1 aromatic carbocycles. The third kappa shape index (κ3) is 2.00. The summed E-state index contributed by atoms with van der Waals surface area (Å²) in [6.45, 7) is 9.80. The van der Waals surface area contributed by atoms with Gasteiger partial charge in [-0.3, -0.25) is 4.79 Å². The monoisotopic (exact) mass is 369 g/mol. The third-order valence-electron chi connectivity index (χ3n) is 8.91. The van der Waals surface area contributed by atoms with Gasteiger partial charge in [0.05, 0.1) is 6.10 Å². The topological polar surface area (TPSA) is 58.6 Å². The molecule has 4 aliphatic rings. The molecule has 0 unspecified atom stereocenters. The van der Waals surface area contributed by atoms with Crippen LogP contribution in [0.3, 0.4) is 0 Å². The zero-order chi connectivity index (χ0) is 19.2. The Morgan fingerprint density at radius 1 is 1.19 bits per heavy atom. The molecule has 5 atom stereocenters. The maximum atomic E-state index is 12.2. The Kier molecular flexibility index (Phi) is 3.43. The molecule has 2 N–H and O–H groups in total. The Balaban J connectivity index is 1.70. The molecular weight excluding hydrogens is 338 g/mol. The molecule has 0 saturated heterocycles. The van der Waals surface area contributed by atoms with E-state index >= 15 is 0 Å². The molecule has 2 aliphatic carbocycles. The lowest BCUT2D eigenvalue weighted by Gasteiger charge is -2.67. The van der Waals surface area contributed by atoms with E-state index in [-0.39, 0.29) is 28.4 Å². The lowest BCUT2D eigenvalue weighted by molar-refractivity contribution is -0.233. The van der Waals surface area contributed by atoms with Gasteiger partial charge in [0.15, 0.2) is 0 Å². The van der Waals surface area contributed by atoms with Crippen molar-refractivity contribution in [1.82, 2.24) is 5.32 Å². The zero-order valence-electron chi connectivity index (χ0n) is 16.9. The fourth-order valence-corrected chi connectivity index (χ4v) is 6.91. The molecule has 0 radical (unpaired) electrons. The fourth-order valence-electron chi connectivity index (χ4n) is 6.91. The first kappa shape index (κ1) is 17.5. The van der Waals surface area contributed by atoms with Gasteiger partial charge in [0.2, 0.25) is 0 Å². The van der Waals surface area contributed by atoms with Crippen molar-refractivity contribution < 1.29 is 14.6 Å². The number of fused-ring (bicyclic) bond motifs is 3. The molecule has 2 heterocycles. The van der Waals surface area contributed by atoms with E-state index in [4.69, 9.17) is 4.74 Å². The number of nitrogens with one attached hydrogen (secondary N) is 1. The van der Waals surface area contributed by atoms with Crippen molar-refractivity contribution >= 4 is 5.91 Å². The number of hydrogen-bond donors (Lipinski definition) is 2. The summed E-state index contributed by atoms with van der Waals surface area (Å²) in [5, 5.41) is 13.7. The van der Waals surface area contributed by atoms with Crippen molar-refractivity contribution in [3.8, 4) is 5.75 Å². The molecule has 146 valence electrons. The minimum atomic E-state index is -0.277. The van der Waals surface area contributed by atoms with Crippen molar-refractivity contribution in [1.29, 1.82) is 0 Å². The van der Waals surface area contributed by atoms with Crippen molar-refractivity contribution in [2.45, 2.75) is 78.0 Å². The lowest BCUT2D eigenvalue weighted by Crippen LogP contribution is -2.70. The van der Waals surface area contributed by atoms with Gasteiger partial charge < -0.3 is 15.2 Å². The van der Waals surface area contributed by atoms with Gasteiger partial charge in [0.25, 0.3) is 5.91 Å². The number of carbonyl (C=O) groups excluding carboxylic acids is 1. The molecule has 27 heavy (non-hydrogen) atoms. The van der Waals surface area contributed by atoms with Crippen LogP contribution in [-0.4, -0.2) is 22.7 Å². The second-order valence-corrected chi connectivity index (χ2v) is 10.3. The molecule has 4 nitrogen and oxygen atoms in total. The number of hydrogen-bond acceptors (Lipinski definition) is 3. The predicted molar refractivity (Wildman–Crippen MR) is 104 cm³/mol. The van der Waals surface area contributed by atoms with Crippen LogP contribution in [0.1, 0.15) is 74.9 Å². The Morgan fingerprint density at radius 2 is 1.96 bits per heavy atom. The summed E-state index contributed by atoms with van der Waals surface area (Å²) in [6.07, 6.45) is 4.68. The van der Waals surface area contributed by atoms with Gasteiger partial charge in [-0.1, -0.05) is 33.8 Å². The number of aliphatic hydroxyl groups excluding tert-OH is 1. The highest BCUT2D eigenvalue weighted by Gasteiger charge is 2.67. The van der Waals surface area contributed by atoms with E-state index in [1.54, 1.807) is 0 Å². The average Bonchev–Trinajstić information content (AvgIpc) is 3.00. The third-order valence-corrected chi connectivity index (χ3v) is 8.91. The number of rotatable bonds is 0. The number of aliphatic hydroxyl groups is 1. The highest BCUT2D eigenvalue weighted by atomic mass is 16.5. The maximum absolute atomic E-state index is 12.2. The molecule has 4 heteroatoms. The minimum Gasteiger partial charge on any atom is -0.486 e. The summed E-state index contributed by atoms with van der Waals surface area (Å²) >= 11 is 0. The van der Waals surface area contributed by atoms with E-state index < -0.39 is 0 Å². The van der Waals surface area contributed by atoms with E-state index in [1.807, 2.05) is 6.07 Å². The van der Waals surface area contributed by atoms with Crippen LogP contribution < -0.4 is 10.1 Å². The number of ether oxygens (including phenoxy) is 1. The van der Waals surface area contributed by atoms with Crippen LogP contribution in [0.25, 0.3) is 0 Å². The van der Waals surface area contributed by atoms with Gasteiger partial charge >= 0.3 is 0 Å². The molecule has 1 amide bonds. The van der Waals surface area contributed by atoms with Crippen molar-refractivity contribution in [2.24, 2.45) is 22.7 Å². The SMILES string of the molecule is C[C@H]1CC[C@H]2C(C)(C)[C@H](O)CC[C@]23Oc2c(ccc4c2CNC4=O)C[C@]13C. The van der Waals surface area contributed by atoms with E-state index in [0.29, 0.717) is 18.4 Å². The number of amides is 1. The Hall–Kier alpha value is -1.55. The predicted octanol–water partition coefficient (Wildman–Crippen LogP) is 3.84. The first-order chi connectivity index (χ1) is 12.7. The summed E-state index contributed by atoms with van der Waals surface area (Å²) < 4.78 is 7.07. The Bertz CT molecular complexity index is 831. The highest BCUT2D eigenvalue weighted by Crippen LogP contribution is 2.66. The van der Waals surface area contributed by atoms with Crippen LogP contribution in [0.4, 0.5) is 0 Å². The number of carbonyl (C=O) groups is 1. The second kappa shape index (κ2) is 5.28. The van der Waals surface area contributed by atoms with Crippen LogP contribution in [0, 0.1) is 22.7 Å². The van der Waals surface area contributed by atoms with Crippen LogP contribution in [-0.2, 0) is 13.0 Å². The van der Waals surface area contributed by atoms with Gasteiger partial charge in [0.1, 0.15) is 11.4 Å². The van der Waals surface area contributed by atoms with Crippen molar-refractivity contribution in [2.75, 3.05) is 0 Å². The Labute approximate surface area is 161 Å². The van der Waals surface area contributed by atoms with Crippen LogP contribution in [0.5, 0.6) is 5.75 Å². The summed E-state index contributed by atoms with van der Waals surface area (Å²) in [7, 11) is 0. The molecule has 5 rings (SSSR count). The smallest absolute Gasteiger partial charge is 0.252 e. The van der Waals surface area contributed by atoms with Crippen LogP contribution in [0.15, 0.2) is 12.1 Å². The summed E-state index contributed by atoms with van der Waals surface area (Å²) in [5.74, 6) is 1.86. The van der Waals surface area contributed by atoms with Gasteiger partial charge in [-0.05, 0) is 55.1 Å². The second-order valence-electron chi connectivity index (χ2n) is 10.3. The van der Waals surface area contributed by atoms with Gasteiger partial charge in [-0.25, -0.2) is 0 Å². The van der Waals surface area contributed by atoms with E-state index in [0.717, 1.165) is 42.6 Å². The first-order valence-electron chi connectivity index (χ1n) is 10.5. The molecular formula is C23H31NO3. The standard InChI is InChI=1S/C23H31NO3/c1-13-5-8-17-21(2,3)18(25)9-10-23(17)22(13,4)11-14-6-7-15-16(19(14)27-23)12-24-20(15)26/h6-7,13,17-18,25H,5,8-12H2,1-4H3,(H,24,26)/t13-,17-,18+,22+,23-/m0/s1. The van der Waals surface area contributed by atoms with E-state index in [2.05, 4.69) is 39.1 Å². The summed E-state index contributed by atoms with van der Waals surface area (Å²) in [4.78, 5) is 12.2. The molecule has 0 bridgehead atoms. The molecule has 0 aromatic heterocycles. The maximum Gasteiger partial charge on any atom is 0.252 e. The molecule has 2 saturated carbocycles. The quantitative estimate of drug-likeness (QED) is 0.730. The summed E-state index contributed by atoms with van der Waals surface area (Å²) in [5.41, 5.74) is 2.67. The number of benzene rings is 1. The molecule has 2 aliphatic heterocycles. The first-order valence-corrected chi connectivity index (χ1v) is 10.5. The van der Waals surface area contributed by atoms with E-state index in [9.17, 15) is 9.90 Å². The van der Waals surface area contributed by atoms with Gasteiger partial charge in [-0.15, -0.1) is 0 Å². The van der Waals surface area contributed by atoms with Gasteiger partial charge in [-0.2, -0.15) is 0 Å². The average molecular weight is 370 g/mol. The fraction of sp³-hybridized carbons (Fsp3) is 0.696. The Morgan fingerprint density at radius 3 is 2.74 bits per heavy atom. The molecule has 2 fully saturated rings. The minimum absolute atomic E-state index is 0.00944. The van der Waals surface area contributed by atoms with Crippen molar-refractivity contribution in [3.63, 3.8) is 0 Å². The highest BCUT2D eigenvalue weighted by molar-refractivity contribution is 5.99. The largest absolute Gasteiger partial charge is 0.486 e. The lowest BCUT2D eigenvalue weighted by atomic mass is 9.43. The van der Waals surface area contributed by atoms with Crippen molar-refractivity contribution in [3.05, 3.63) is 28.8 Å². The van der Waals surface area contributed by atoms with Gasteiger partial charge in [0, 0.05) is 29.0 Å². The normalized spacial score (nSPS) is 41.5.